The monoisotopic (exact) mass is 440 g/mol. The van der Waals surface area contributed by atoms with Gasteiger partial charge in [-0.15, -0.1) is 0 Å². The zero-order valence-electron chi connectivity index (χ0n) is 17.7. The van der Waals surface area contributed by atoms with E-state index in [1.165, 1.54) is 10.9 Å². The summed E-state index contributed by atoms with van der Waals surface area (Å²) in [5, 5.41) is 6.24. The van der Waals surface area contributed by atoms with E-state index < -0.39 is 6.17 Å². The predicted molar refractivity (Wildman–Crippen MR) is 124 cm³/mol. The molecule has 5 rings (SSSR count). The van der Waals surface area contributed by atoms with Crippen molar-refractivity contribution in [1.29, 1.82) is 0 Å². The third kappa shape index (κ3) is 3.80. The summed E-state index contributed by atoms with van der Waals surface area (Å²) < 4.78 is 1.28. The van der Waals surface area contributed by atoms with Gasteiger partial charge in [-0.1, -0.05) is 24.3 Å². The van der Waals surface area contributed by atoms with Gasteiger partial charge in [0.1, 0.15) is 18.5 Å². The van der Waals surface area contributed by atoms with Crippen LogP contribution in [-0.4, -0.2) is 33.4 Å². The number of hydrogen-bond donors (Lipinski definition) is 2. The molecular weight excluding hydrogens is 420 g/mol. The molecular formula is C24H20N6O3. The van der Waals surface area contributed by atoms with Crippen molar-refractivity contribution < 1.29 is 9.59 Å². The van der Waals surface area contributed by atoms with Crippen LogP contribution >= 0.6 is 0 Å². The highest BCUT2D eigenvalue weighted by Crippen LogP contribution is 2.30. The lowest BCUT2D eigenvalue weighted by atomic mass is 10.1. The van der Waals surface area contributed by atoms with Crippen LogP contribution in [0.15, 0.2) is 78.0 Å². The van der Waals surface area contributed by atoms with Gasteiger partial charge < -0.3 is 15.5 Å². The lowest BCUT2D eigenvalue weighted by Crippen LogP contribution is -2.45. The number of nitrogens with one attached hydrogen (secondary N) is 2. The Balaban J connectivity index is 1.35. The molecule has 9 heteroatoms. The van der Waals surface area contributed by atoms with Crippen LogP contribution in [0.1, 0.15) is 22.1 Å². The molecule has 0 radical (unpaired) electrons. The van der Waals surface area contributed by atoms with E-state index in [0.29, 0.717) is 28.0 Å². The minimum Gasteiger partial charge on any atom is -0.335 e. The SMILES string of the molecule is CN1c2ncccc2C(=O)NC1c1cccc(NC(=O)Cn2cnc3ccccc3c2=O)c1. The van der Waals surface area contributed by atoms with Gasteiger partial charge in [0.05, 0.1) is 22.8 Å². The number of anilines is 2. The predicted octanol–water partition coefficient (Wildman–Crippen LogP) is 2.31. The number of amides is 2. The number of para-hydroxylation sites is 1. The van der Waals surface area contributed by atoms with Gasteiger partial charge in [-0.05, 0) is 42.0 Å². The molecule has 1 unspecified atom stereocenters. The van der Waals surface area contributed by atoms with E-state index in [4.69, 9.17) is 0 Å². The third-order valence-electron chi connectivity index (χ3n) is 5.55. The summed E-state index contributed by atoms with van der Waals surface area (Å²) in [4.78, 5) is 48.3. The molecule has 0 fully saturated rings. The van der Waals surface area contributed by atoms with Gasteiger partial charge in [0, 0.05) is 18.9 Å². The van der Waals surface area contributed by atoms with Crippen molar-refractivity contribution in [2.24, 2.45) is 0 Å². The number of carbonyl (C=O) groups is 2. The molecule has 4 aromatic rings. The Morgan fingerprint density at radius 1 is 1.06 bits per heavy atom. The molecule has 2 amide bonds. The molecule has 2 aromatic carbocycles. The summed E-state index contributed by atoms with van der Waals surface area (Å²) in [5.41, 5.74) is 2.15. The van der Waals surface area contributed by atoms with Crippen molar-refractivity contribution in [3.05, 3.63) is 94.7 Å². The molecule has 2 aromatic heterocycles. The lowest BCUT2D eigenvalue weighted by Gasteiger charge is -2.35. The second-order valence-corrected chi connectivity index (χ2v) is 7.73. The summed E-state index contributed by atoms with van der Waals surface area (Å²) in [6.07, 6.45) is 2.58. The average molecular weight is 440 g/mol. The zero-order valence-corrected chi connectivity index (χ0v) is 17.7. The quantitative estimate of drug-likeness (QED) is 0.504. The van der Waals surface area contributed by atoms with Gasteiger partial charge in [0.15, 0.2) is 0 Å². The molecule has 0 saturated carbocycles. The average Bonchev–Trinajstić information content (AvgIpc) is 2.83. The molecule has 0 saturated heterocycles. The summed E-state index contributed by atoms with van der Waals surface area (Å²) in [7, 11) is 1.85. The highest BCUT2D eigenvalue weighted by atomic mass is 16.2. The fourth-order valence-corrected chi connectivity index (χ4v) is 3.94. The normalized spacial score (nSPS) is 15.1. The number of benzene rings is 2. The fourth-order valence-electron chi connectivity index (χ4n) is 3.94. The minimum atomic E-state index is -0.441. The van der Waals surface area contributed by atoms with E-state index >= 15 is 0 Å². The van der Waals surface area contributed by atoms with Gasteiger partial charge >= 0.3 is 0 Å². The number of hydrogen-bond acceptors (Lipinski definition) is 6. The van der Waals surface area contributed by atoms with Crippen LogP contribution in [0.4, 0.5) is 11.5 Å². The summed E-state index contributed by atoms with van der Waals surface area (Å²) in [5.74, 6) is 0.0158. The maximum Gasteiger partial charge on any atom is 0.261 e. The number of rotatable bonds is 4. The van der Waals surface area contributed by atoms with Gasteiger partial charge in [0.25, 0.3) is 11.5 Å². The number of nitrogens with zero attached hydrogens (tertiary/aromatic N) is 4. The minimum absolute atomic E-state index is 0.168. The third-order valence-corrected chi connectivity index (χ3v) is 5.55. The molecule has 1 aliphatic rings. The number of carbonyl (C=O) groups excluding carboxylic acids is 2. The Bertz CT molecular complexity index is 1450. The fraction of sp³-hybridized carbons (Fsp3) is 0.125. The topological polar surface area (TPSA) is 109 Å². The van der Waals surface area contributed by atoms with Crippen LogP contribution in [0, 0.1) is 0 Å². The number of fused-ring (bicyclic) bond motifs is 2. The largest absolute Gasteiger partial charge is 0.335 e. The summed E-state index contributed by atoms with van der Waals surface area (Å²) in [6.45, 7) is -0.168. The lowest BCUT2D eigenvalue weighted by molar-refractivity contribution is -0.116. The first-order valence-electron chi connectivity index (χ1n) is 10.3. The first-order chi connectivity index (χ1) is 16.0. The van der Waals surface area contributed by atoms with Crippen molar-refractivity contribution in [2.45, 2.75) is 12.7 Å². The molecule has 0 aliphatic carbocycles. The van der Waals surface area contributed by atoms with E-state index in [0.717, 1.165) is 5.56 Å². The van der Waals surface area contributed by atoms with Crippen LogP contribution < -0.4 is 21.1 Å². The highest BCUT2D eigenvalue weighted by molar-refractivity contribution is 6.01. The van der Waals surface area contributed by atoms with Crippen LogP contribution in [-0.2, 0) is 11.3 Å². The van der Waals surface area contributed by atoms with Gasteiger partial charge in [0.2, 0.25) is 5.91 Å². The maximum absolute atomic E-state index is 12.6. The molecule has 33 heavy (non-hydrogen) atoms. The molecule has 164 valence electrons. The van der Waals surface area contributed by atoms with E-state index in [1.807, 2.05) is 18.0 Å². The maximum atomic E-state index is 12.6. The van der Waals surface area contributed by atoms with E-state index in [1.54, 1.807) is 60.8 Å². The molecule has 0 spiro atoms. The van der Waals surface area contributed by atoms with Gasteiger partial charge in [-0.2, -0.15) is 0 Å². The molecule has 2 N–H and O–H groups in total. The van der Waals surface area contributed by atoms with Gasteiger partial charge in [-0.25, -0.2) is 9.97 Å². The zero-order chi connectivity index (χ0) is 22.9. The smallest absolute Gasteiger partial charge is 0.261 e. The summed E-state index contributed by atoms with van der Waals surface area (Å²) in [6, 6.07) is 17.6. The van der Waals surface area contributed by atoms with Crippen LogP contribution in [0.25, 0.3) is 10.9 Å². The van der Waals surface area contributed by atoms with Crippen LogP contribution in [0.5, 0.6) is 0 Å². The molecule has 1 aliphatic heterocycles. The Kier molecular flexibility index (Phi) is 5.06. The van der Waals surface area contributed by atoms with E-state index in [2.05, 4.69) is 20.6 Å². The highest BCUT2D eigenvalue weighted by Gasteiger charge is 2.30. The van der Waals surface area contributed by atoms with Crippen molar-refractivity contribution in [2.75, 3.05) is 17.3 Å². The van der Waals surface area contributed by atoms with Crippen molar-refractivity contribution in [3.8, 4) is 0 Å². The van der Waals surface area contributed by atoms with Gasteiger partial charge in [-0.3, -0.25) is 19.0 Å². The van der Waals surface area contributed by atoms with Crippen molar-refractivity contribution in [3.63, 3.8) is 0 Å². The Labute approximate surface area is 188 Å². The second-order valence-electron chi connectivity index (χ2n) is 7.73. The Morgan fingerprint density at radius 2 is 1.91 bits per heavy atom. The molecule has 3 heterocycles. The first-order valence-corrected chi connectivity index (χ1v) is 10.3. The Hall–Kier alpha value is -4.53. The van der Waals surface area contributed by atoms with Crippen molar-refractivity contribution in [1.82, 2.24) is 19.9 Å². The Morgan fingerprint density at radius 3 is 2.79 bits per heavy atom. The number of aromatic nitrogens is 3. The number of pyridine rings is 1. The first kappa shape index (κ1) is 20.4. The van der Waals surface area contributed by atoms with Crippen LogP contribution in [0.2, 0.25) is 0 Å². The molecule has 1 atom stereocenters. The van der Waals surface area contributed by atoms with Crippen molar-refractivity contribution >= 4 is 34.2 Å². The molecule has 9 nitrogen and oxygen atoms in total. The van der Waals surface area contributed by atoms with E-state index in [9.17, 15) is 14.4 Å². The van der Waals surface area contributed by atoms with E-state index in [-0.39, 0.29) is 23.9 Å². The standard InChI is InChI=1S/C24H20N6O3/c1-29-21(28-23(32)18-9-5-11-25-22(18)29)15-6-4-7-16(12-15)27-20(31)13-30-14-26-19-10-3-2-8-17(19)24(30)33/h2-12,14,21H,13H2,1H3,(H,27,31)(H,28,32). The second kappa shape index (κ2) is 8.19. The molecule has 0 bridgehead atoms. The van der Waals surface area contributed by atoms with Crippen LogP contribution in [0.3, 0.4) is 0 Å². The summed E-state index contributed by atoms with van der Waals surface area (Å²) >= 11 is 0.